The van der Waals surface area contributed by atoms with E-state index in [1.165, 1.54) is 0 Å². The van der Waals surface area contributed by atoms with Gasteiger partial charge in [-0.1, -0.05) is 0 Å². The van der Waals surface area contributed by atoms with Gasteiger partial charge in [-0.05, 0) is 0 Å². The molecule has 0 heterocycles. The predicted molar refractivity (Wildman–Crippen MR) is 64.3 cm³/mol. The van der Waals surface area contributed by atoms with Gasteiger partial charge in [0.1, 0.15) is 0 Å². The van der Waals surface area contributed by atoms with Gasteiger partial charge in [-0.25, -0.2) is 9.13 Å². The van der Waals surface area contributed by atoms with Gasteiger partial charge in [-0.15, -0.1) is 0 Å². The Kier molecular flexibility index (Phi) is 71.7. The number of hydrogen-bond donors (Lipinski definition) is 6. The van der Waals surface area contributed by atoms with Crippen LogP contribution in [-0.4, -0.2) is 286 Å². The molecule has 15 heteroatoms. The Morgan fingerprint density at radius 3 is 0.467 bits per heavy atom. The summed E-state index contributed by atoms with van der Waals surface area (Å²) in [6, 6.07) is 0. The first-order chi connectivity index (χ1) is 4.00. The summed E-state index contributed by atoms with van der Waals surface area (Å²) in [5, 5.41) is 0. The van der Waals surface area contributed by atoms with Crippen LogP contribution < -0.4 is 0 Å². The molecule has 0 bridgehead atoms. The SMILES string of the molecule is O=P(O)(O)O.O=P(O)(O)O.[KH].[KH].[KH].[KH].[KH]. The fourth-order valence-electron chi connectivity index (χ4n) is 0. The average molecular weight is 397 g/mol. The molecule has 0 fully saturated rings. The van der Waals surface area contributed by atoms with E-state index in [9.17, 15) is 0 Å². The number of hydrogen-bond acceptors (Lipinski definition) is 2. The van der Waals surface area contributed by atoms with Gasteiger partial charge in [0.2, 0.25) is 0 Å². The Bertz CT molecular complexity index is 133. The maximum atomic E-state index is 8.88. The van der Waals surface area contributed by atoms with Crippen LogP contribution in [0.25, 0.3) is 0 Å². The third-order valence-electron chi connectivity index (χ3n) is 0. The minimum atomic E-state index is -4.64. The summed E-state index contributed by atoms with van der Waals surface area (Å²) in [5.41, 5.74) is 0. The summed E-state index contributed by atoms with van der Waals surface area (Å²) in [4.78, 5) is 43.1. The van der Waals surface area contributed by atoms with Crippen LogP contribution in [0.4, 0.5) is 0 Å². The molecule has 0 amide bonds. The molecule has 0 aromatic carbocycles. The molecule has 0 radical (unpaired) electrons. The van der Waals surface area contributed by atoms with Crippen LogP contribution in [0.3, 0.4) is 0 Å². The third kappa shape index (κ3) is 132. The van der Waals surface area contributed by atoms with Crippen molar-refractivity contribution in [1.29, 1.82) is 0 Å². The van der Waals surface area contributed by atoms with Crippen LogP contribution in [0.2, 0.25) is 0 Å². The summed E-state index contributed by atoms with van der Waals surface area (Å²) in [6.45, 7) is 0. The quantitative estimate of drug-likeness (QED) is 0.175. The van der Waals surface area contributed by atoms with Crippen molar-refractivity contribution in [2.45, 2.75) is 0 Å². The Morgan fingerprint density at radius 2 is 0.467 bits per heavy atom. The Balaban J connectivity index is -0.0000000128. The summed E-state index contributed by atoms with van der Waals surface area (Å²) in [5.74, 6) is 0. The molecule has 0 saturated carbocycles. The van der Waals surface area contributed by atoms with Gasteiger partial charge in [0, 0.05) is 0 Å². The third-order valence-corrected chi connectivity index (χ3v) is 0. The Morgan fingerprint density at radius 1 is 0.467 bits per heavy atom. The monoisotopic (exact) mass is 396 g/mol. The van der Waals surface area contributed by atoms with E-state index in [0.29, 0.717) is 0 Å². The molecular formula is H11K5O8P2. The first-order valence-electron chi connectivity index (χ1n) is 1.57. The molecule has 15 heavy (non-hydrogen) atoms. The Labute approximate surface area is 300 Å². The fraction of sp³-hybridized carbons (Fsp3) is 0. The van der Waals surface area contributed by atoms with Crippen molar-refractivity contribution in [3.63, 3.8) is 0 Å². The Hall–Kier alpha value is 8.40. The summed E-state index contributed by atoms with van der Waals surface area (Å²) >= 11 is 0. The van der Waals surface area contributed by atoms with Gasteiger partial charge in [0.15, 0.2) is 0 Å². The van der Waals surface area contributed by atoms with Crippen molar-refractivity contribution in [3.8, 4) is 0 Å². The maximum absolute atomic E-state index is 8.88. The number of phosphoric acid groups is 2. The molecule has 0 aromatic heterocycles. The molecule has 0 atom stereocenters. The van der Waals surface area contributed by atoms with E-state index in [2.05, 4.69) is 0 Å². The predicted octanol–water partition coefficient (Wildman–Crippen LogP) is -5.10. The topological polar surface area (TPSA) is 156 Å². The second-order valence-electron chi connectivity index (χ2n) is 1.03. The standard InChI is InChI=1S/5K.2H3O4P.5H/c;;;;;2*1-5(2,3)4;;;;;/h;;;;;2*(H3,1,2,3,4);;;;;. The normalized spacial score (nSPS) is 7.87. The molecule has 0 aliphatic heterocycles. The van der Waals surface area contributed by atoms with Crippen molar-refractivity contribution in [2.75, 3.05) is 0 Å². The first kappa shape index (κ1) is 43.7. The van der Waals surface area contributed by atoms with E-state index >= 15 is 0 Å². The average Bonchev–Trinajstić information content (AvgIpc) is 1.12. The zero-order valence-corrected chi connectivity index (χ0v) is 6.18. The van der Waals surface area contributed by atoms with Crippen LogP contribution >= 0.6 is 15.6 Å². The van der Waals surface area contributed by atoms with Gasteiger partial charge in [0.25, 0.3) is 0 Å². The van der Waals surface area contributed by atoms with Crippen LogP contribution in [-0.2, 0) is 9.13 Å². The second-order valence-corrected chi connectivity index (χ2v) is 3.08. The number of rotatable bonds is 0. The molecular weight excluding hydrogens is 385 g/mol. The fourth-order valence-corrected chi connectivity index (χ4v) is 0. The van der Waals surface area contributed by atoms with E-state index in [1.54, 1.807) is 0 Å². The molecule has 0 aliphatic rings. The van der Waals surface area contributed by atoms with Crippen molar-refractivity contribution in [3.05, 3.63) is 0 Å². The van der Waals surface area contributed by atoms with Crippen LogP contribution in [0.5, 0.6) is 0 Å². The van der Waals surface area contributed by atoms with Gasteiger partial charge in [0.05, 0.1) is 0 Å². The van der Waals surface area contributed by atoms with E-state index in [0.717, 1.165) is 0 Å². The first-order valence-corrected chi connectivity index (χ1v) is 4.70. The van der Waals surface area contributed by atoms with Crippen molar-refractivity contribution in [1.82, 2.24) is 0 Å². The molecule has 6 N–H and O–H groups in total. The minimum absolute atomic E-state index is 0. The van der Waals surface area contributed by atoms with E-state index < -0.39 is 15.6 Å². The van der Waals surface area contributed by atoms with E-state index in [4.69, 9.17) is 38.5 Å². The summed E-state index contributed by atoms with van der Waals surface area (Å²) < 4.78 is 17.8. The molecule has 0 spiro atoms. The van der Waals surface area contributed by atoms with Gasteiger partial charge < -0.3 is 29.4 Å². The summed E-state index contributed by atoms with van der Waals surface area (Å²) in [7, 11) is -9.28. The molecule has 0 aromatic rings. The second kappa shape index (κ2) is 24.7. The molecule has 0 rings (SSSR count). The molecule has 8 nitrogen and oxygen atoms in total. The molecule has 0 aliphatic carbocycles. The van der Waals surface area contributed by atoms with Crippen LogP contribution in [0.15, 0.2) is 0 Å². The van der Waals surface area contributed by atoms with Gasteiger partial charge in [-0.3, -0.25) is 0 Å². The van der Waals surface area contributed by atoms with Crippen LogP contribution in [0, 0.1) is 0 Å². The molecule has 0 saturated heterocycles. The van der Waals surface area contributed by atoms with Crippen molar-refractivity contribution < 1.29 is 38.5 Å². The van der Waals surface area contributed by atoms with Gasteiger partial charge >= 0.3 is 273 Å². The van der Waals surface area contributed by atoms with Gasteiger partial charge in [-0.2, -0.15) is 0 Å². The zero-order valence-electron chi connectivity index (χ0n) is 4.39. The zero-order chi connectivity index (χ0) is 9.00. The summed E-state index contributed by atoms with van der Waals surface area (Å²) in [6.07, 6.45) is 0. The molecule has 0 unspecified atom stereocenters. The van der Waals surface area contributed by atoms with Crippen LogP contribution in [0.1, 0.15) is 0 Å². The van der Waals surface area contributed by atoms with Crippen molar-refractivity contribution in [2.24, 2.45) is 0 Å². The van der Waals surface area contributed by atoms with Crippen molar-refractivity contribution >= 4 is 273 Å². The van der Waals surface area contributed by atoms with E-state index in [-0.39, 0.29) is 257 Å². The molecule has 74 valence electrons. The van der Waals surface area contributed by atoms with E-state index in [1.807, 2.05) is 0 Å².